The first-order chi connectivity index (χ1) is 13.8. The minimum atomic E-state index is -3.81. The van der Waals surface area contributed by atoms with Crippen LogP contribution in [0.15, 0.2) is 57.9 Å². The predicted octanol–water partition coefficient (Wildman–Crippen LogP) is 3.12. The van der Waals surface area contributed by atoms with Gasteiger partial charge in [-0.05, 0) is 48.2 Å². The molecule has 1 aliphatic heterocycles. The van der Waals surface area contributed by atoms with Crippen molar-refractivity contribution in [3.8, 4) is 5.75 Å². The number of benzene rings is 2. The Labute approximate surface area is 180 Å². The van der Waals surface area contributed by atoms with Crippen LogP contribution in [0.4, 0.5) is 0 Å². The lowest BCUT2D eigenvalue weighted by molar-refractivity contribution is -0.123. The molecule has 8 heteroatoms. The Morgan fingerprint density at radius 1 is 1.17 bits per heavy atom. The van der Waals surface area contributed by atoms with Gasteiger partial charge in [0.05, 0.1) is 11.5 Å². The first-order valence-electron chi connectivity index (χ1n) is 9.52. The monoisotopic (exact) mass is 480 g/mol. The summed E-state index contributed by atoms with van der Waals surface area (Å²) in [6, 6.07) is 13.3. The Kier molecular flexibility index (Phi) is 6.97. The third-order valence-electron chi connectivity index (χ3n) is 4.88. The van der Waals surface area contributed by atoms with Crippen molar-refractivity contribution >= 4 is 31.9 Å². The summed E-state index contributed by atoms with van der Waals surface area (Å²) in [7, 11) is -3.81. The summed E-state index contributed by atoms with van der Waals surface area (Å²) >= 11 is 3.29. The van der Waals surface area contributed by atoms with Crippen LogP contribution < -0.4 is 14.8 Å². The predicted molar refractivity (Wildman–Crippen MR) is 115 cm³/mol. The molecule has 29 heavy (non-hydrogen) atoms. The zero-order valence-corrected chi connectivity index (χ0v) is 18.8. The summed E-state index contributed by atoms with van der Waals surface area (Å²) in [4.78, 5) is 12.9. The van der Waals surface area contributed by atoms with E-state index in [0.29, 0.717) is 13.2 Å². The molecule has 2 aromatic rings. The van der Waals surface area contributed by atoms with Gasteiger partial charge in [-0.1, -0.05) is 48.0 Å². The molecule has 2 aromatic carbocycles. The van der Waals surface area contributed by atoms with E-state index in [9.17, 15) is 13.2 Å². The van der Waals surface area contributed by atoms with E-state index in [1.54, 1.807) is 12.1 Å². The zero-order valence-electron chi connectivity index (χ0n) is 16.4. The van der Waals surface area contributed by atoms with Crippen molar-refractivity contribution in [2.45, 2.75) is 31.2 Å². The average Bonchev–Trinajstić information content (AvgIpc) is 2.70. The number of carbonyl (C=O) groups is 1. The highest BCUT2D eigenvalue weighted by molar-refractivity contribution is 9.10. The molecule has 3 rings (SSSR count). The number of carbonyl (C=O) groups excluding carboxylic acids is 1. The first kappa shape index (κ1) is 21.8. The van der Waals surface area contributed by atoms with Crippen molar-refractivity contribution in [2.24, 2.45) is 11.8 Å². The summed E-state index contributed by atoms with van der Waals surface area (Å²) in [5.74, 6) is 0.491. The maximum Gasteiger partial charge on any atom is 0.241 e. The van der Waals surface area contributed by atoms with Crippen molar-refractivity contribution in [2.75, 3.05) is 13.2 Å². The van der Waals surface area contributed by atoms with Crippen LogP contribution in [0.3, 0.4) is 0 Å². The lowest BCUT2D eigenvalue weighted by Crippen LogP contribution is -2.50. The van der Waals surface area contributed by atoms with Crippen LogP contribution in [0.25, 0.3) is 0 Å². The Morgan fingerprint density at radius 2 is 1.86 bits per heavy atom. The van der Waals surface area contributed by atoms with Crippen LogP contribution in [0.5, 0.6) is 5.75 Å². The molecule has 0 saturated carbocycles. The van der Waals surface area contributed by atoms with Gasteiger partial charge in [0.2, 0.25) is 15.9 Å². The molecule has 0 bridgehead atoms. The maximum absolute atomic E-state index is 12.7. The molecule has 6 nitrogen and oxygen atoms in total. The van der Waals surface area contributed by atoms with Crippen LogP contribution >= 0.6 is 15.9 Å². The highest BCUT2D eigenvalue weighted by Gasteiger charge is 2.29. The number of nitrogens with one attached hydrogen (secondary N) is 2. The van der Waals surface area contributed by atoms with Gasteiger partial charge in [-0.2, -0.15) is 4.72 Å². The van der Waals surface area contributed by atoms with Crippen LogP contribution in [-0.2, 0) is 21.2 Å². The van der Waals surface area contributed by atoms with E-state index in [4.69, 9.17) is 4.74 Å². The fraction of sp³-hybridized carbons (Fsp3) is 0.381. The standard InChI is InChI=1S/C21H25BrN2O4S/c1-14(2)20(24-29(26,27)18-9-7-17(22)8-10-18)21(25)23-12-15-11-16-5-3-4-6-19(16)28-13-15/h3-10,14-15,20,24H,11-13H2,1-2H3,(H,23,25)/t15?,20-/m0/s1. The molecule has 0 aliphatic carbocycles. The number of para-hydroxylation sites is 1. The van der Waals surface area contributed by atoms with E-state index >= 15 is 0 Å². The van der Waals surface area contributed by atoms with Gasteiger partial charge in [-0.3, -0.25) is 4.79 Å². The largest absolute Gasteiger partial charge is 0.493 e. The van der Waals surface area contributed by atoms with Crippen LogP contribution in [-0.4, -0.2) is 33.5 Å². The molecule has 2 N–H and O–H groups in total. The van der Waals surface area contributed by atoms with Gasteiger partial charge in [0.15, 0.2) is 0 Å². The minimum absolute atomic E-state index is 0.122. The van der Waals surface area contributed by atoms with Crippen LogP contribution in [0.1, 0.15) is 19.4 Å². The Bertz CT molecular complexity index is 961. The van der Waals surface area contributed by atoms with Gasteiger partial charge in [0.1, 0.15) is 11.8 Å². The highest BCUT2D eigenvalue weighted by Crippen LogP contribution is 2.26. The molecule has 1 heterocycles. The van der Waals surface area contributed by atoms with E-state index in [1.165, 1.54) is 12.1 Å². The van der Waals surface area contributed by atoms with Gasteiger partial charge in [-0.15, -0.1) is 0 Å². The molecule has 1 amide bonds. The van der Waals surface area contributed by atoms with Crippen molar-refractivity contribution < 1.29 is 17.9 Å². The minimum Gasteiger partial charge on any atom is -0.493 e. The lowest BCUT2D eigenvalue weighted by atomic mass is 9.96. The number of hydrogen-bond acceptors (Lipinski definition) is 4. The van der Waals surface area contributed by atoms with E-state index in [1.807, 2.05) is 38.1 Å². The molecule has 0 saturated heterocycles. The molecule has 0 radical (unpaired) electrons. The zero-order chi connectivity index (χ0) is 21.0. The van der Waals surface area contributed by atoms with E-state index < -0.39 is 16.1 Å². The molecule has 0 aromatic heterocycles. The summed E-state index contributed by atoms with van der Waals surface area (Å²) in [5.41, 5.74) is 1.12. The number of sulfonamides is 1. The molecular weight excluding hydrogens is 456 g/mol. The molecule has 156 valence electrons. The van der Waals surface area contributed by atoms with Crippen molar-refractivity contribution in [3.63, 3.8) is 0 Å². The van der Waals surface area contributed by atoms with Crippen molar-refractivity contribution in [3.05, 3.63) is 58.6 Å². The van der Waals surface area contributed by atoms with Crippen LogP contribution in [0, 0.1) is 11.8 Å². The van der Waals surface area contributed by atoms with Gasteiger partial charge in [-0.25, -0.2) is 8.42 Å². The molecule has 0 spiro atoms. The average molecular weight is 481 g/mol. The normalized spacial score (nSPS) is 17.3. The number of rotatable bonds is 7. The molecule has 2 atom stereocenters. The second kappa shape index (κ2) is 9.28. The SMILES string of the molecule is CC(C)[C@H](NS(=O)(=O)c1ccc(Br)cc1)C(=O)NCC1COc2ccccc2C1. The van der Waals surface area contributed by atoms with Crippen molar-refractivity contribution in [1.82, 2.24) is 10.0 Å². The summed E-state index contributed by atoms with van der Waals surface area (Å²) in [5, 5.41) is 2.89. The van der Waals surface area contributed by atoms with E-state index in [-0.39, 0.29) is 22.6 Å². The molecular formula is C21H25BrN2O4S. The second-order valence-electron chi connectivity index (χ2n) is 7.53. The number of ether oxygens (including phenoxy) is 1. The highest BCUT2D eigenvalue weighted by atomic mass is 79.9. The van der Waals surface area contributed by atoms with Gasteiger partial charge >= 0.3 is 0 Å². The lowest BCUT2D eigenvalue weighted by Gasteiger charge is -2.27. The van der Waals surface area contributed by atoms with E-state index in [2.05, 4.69) is 26.0 Å². The third kappa shape index (κ3) is 5.58. The summed E-state index contributed by atoms with van der Waals surface area (Å²) < 4.78 is 34.4. The van der Waals surface area contributed by atoms with Crippen molar-refractivity contribution in [1.29, 1.82) is 0 Å². The Morgan fingerprint density at radius 3 is 2.55 bits per heavy atom. The Hall–Kier alpha value is -1.90. The van der Waals surface area contributed by atoms with Gasteiger partial charge in [0.25, 0.3) is 0 Å². The van der Waals surface area contributed by atoms with E-state index in [0.717, 1.165) is 22.2 Å². The fourth-order valence-electron chi connectivity index (χ4n) is 3.22. The van der Waals surface area contributed by atoms with Crippen LogP contribution in [0.2, 0.25) is 0 Å². The first-order valence-corrected chi connectivity index (χ1v) is 11.8. The number of amides is 1. The fourth-order valence-corrected chi connectivity index (χ4v) is 4.83. The smallest absolute Gasteiger partial charge is 0.241 e. The summed E-state index contributed by atoms with van der Waals surface area (Å²) in [6.45, 7) is 4.58. The number of halogens is 1. The number of hydrogen-bond donors (Lipinski definition) is 2. The third-order valence-corrected chi connectivity index (χ3v) is 6.86. The summed E-state index contributed by atoms with van der Waals surface area (Å²) in [6.07, 6.45) is 0.813. The Balaban J connectivity index is 1.62. The quantitative estimate of drug-likeness (QED) is 0.637. The topological polar surface area (TPSA) is 84.5 Å². The maximum atomic E-state index is 12.7. The second-order valence-corrected chi connectivity index (χ2v) is 10.2. The molecule has 1 aliphatic rings. The van der Waals surface area contributed by atoms with Gasteiger partial charge < -0.3 is 10.1 Å². The molecule has 1 unspecified atom stereocenters. The van der Waals surface area contributed by atoms with Gasteiger partial charge in [0, 0.05) is 16.9 Å². The number of fused-ring (bicyclic) bond motifs is 1. The molecule has 0 fully saturated rings.